The number of hydrogen-bond donors (Lipinski definition) is 1. The summed E-state index contributed by atoms with van der Waals surface area (Å²) in [5, 5.41) is 0.616. The molecule has 0 unspecified atom stereocenters. The molecule has 1 saturated heterocycles. The smallest absolute Gasteiger partial charge is 0.373 e. The largest absolute Gasteiger partial charge is 0.493 e. The molecule has 1 aliphatic rings. The molecule has 124 valence electrons. The number of rotatable bonds is 3. The van der Waals surface area contributed by atoms with Crippen molar-refractivity contribution in [1.29, 1.82) is 0 Å². The average molecular weight is 341 g/mol. The molecule has 23 heavy (non-hydrogen) atoms. The van der Waals surface area contributed by atoms with Crippen LogP contribution in [0.25, 0.3) is 11.0 Å². The Morgan fingerprint density at radius 1 is 1.30 bits per heavy atom. The number of carbonyl (C=O) groups excluding carboxylic acids is 1. The van der Waals surface area contributed by atoms with Gasteiger partial charge in [0.2, 0.25) is 5.76 Å². The summed E-state index contributed by atoms with van der Waals surface area (Å²) in [5.41, 5.74) is 1.09. The maximum Gasteiger partial charge on any atom is 0.373 e. The Balaban J connectivity index is 2.06. The Morgan fingerprint density at radius 2 is 2.09 bits per heavy atom. The van der Waals surface area contributed by atoms with Crippen LogP contribution in [-0.4, -0.2) is 35.2 Å². The number of nitrogens with one attached hydrogen (secondary N) is 1. The highest BCUT2D eigenvalue weighted by molar-refractivity contribution is 7.84. The first kappa shape index (κ1) is 15.8. The Bertz CT molecular complexity index is 855. The molecule has 2 heterocycles. The molecule has 0 bridgehead atoms. The van der Waals surface area contributed by atoms with Gasteiger partial charge in [-0.1, -0.05) is 0 Å². The van der Waals surface area contributed by atoms with Gasteiger partial charge >= 0.3 is 16.3 Å². The second-order valence-corrected chi connectivity index (χ2v) is 6.36. The first-order valence-corrected chi connectivity index (χ1v) is 8.21. The molecule has 8 nitrogen and oxygen atoms in total. The van der Waals surface area contributed by atoms with Crippen LogP contribution in [0.2, 0.25) is 0 Å². The van der Waals surface area contributed by atoms with Crippen molar-refractivity contribution >= 4 is 27.2 Å². The summed E-state index contributed by atoms with van der Waals surface area (Å²) in [4.78, 5) is 11.6. The standard InChI is InChI=1S/C14H15NO7S/c1-19-11-6-8(10-3-4-21-23(17,18)15-10)5-9-7-12(14(16)20-2)22-13(9)11/h5-7,10,15H,3-4H2,1-2H3/t10-/m0/s1. The van der Waals surface area contributed by atoms with E-state index in [0.29, 0.717) is 28.7 Å². The second-order valence-electron chi connectivity index (χ2n) is 4.98. The quantitative estimate of drug-likeness (QED) is 0.844. The van der Waals surface area contributed by atoms with Crippen LogP contribution < -0.4 is 9.46 Å². The van der Waals surface area contributed by atoms with Crippen molar-refractivity contribution in [2.75, 3.05) is 20.8 Å². The van der Waals surface area contributed by atoms with E-state index in [4.69, 9.17) is 9.15 Å². The van der Waals surface area contributed by atoms with Gasteiger partial charge in [0, 0.05) is 5.39 Å². The van der Waals surface area contributed by atoms with Crippen LogP contribution in [-0.2, 0) is 19.2 Å². The molecule has 1 aromatic heterocycles. The van der Waals surface area contributed by atoms with Crippen molar-refractivity contribution in [2.24, 2.45) is 0 Å². The molecule has 9 heteroatoms. The van der Waals surface area contributed by atoms with E-state index in [0.717, 1.165) is 0 Å². The minimum Gasteiger partial charge on any atom is -0.493 e. The topological polar surface area (TPSA) is 104 Å². The lowest BCUT2D eigenvalue weighted by Gasteiger charge is -2.23. The molecule has 0 radical (unpaired) electrons. The van der Waals surface area contributed by atoms with Crippen LogP contribution in [0, 0.1) is 0 Å². The number of methoxy groups -OCH3 is 2. The second kappa shape index (κ2) is 5.84. The highest BCUT2D eigenvalue weighted by Gasteiger charge is 2.27. The van der Waals surface area contributed by atoms with Gasteiger partial charge in [0.1, 0.15) is 0 Å². The number of furan rings is 1. The molecular weight excluding hydrogens is 326 g/mol. The van der Waals surface area contributed by atoms with Crippen LogP contribution in [0.1, 0.15) is 28.6 Å². The molecule has 1 fully saturated rings. The third-order valence-electron chi connectivity index (χ3n) is 3.54. The zero-order valence-electron chi connectivity index (χ0n) is 12.5. The zero-order chi connectivity index (χ0) is 16.6. The lowest BCUT2D eigenvalue weighted by Crippen LogP contribution is -2.36. The fraction of sp³-hybridized carbons (Fsp3) is 0.357. The molecule has 0 saturated carbocycles. The molecule has 1 atom stereocenters. The van der Waals surface area contributed by atoms with E-state index in [1.807, 2.05) is 0 Å². The van der Waals surface area contributed by atoms with E-state index in [-0.39, 0.29) is 12.4 Å². The third kappa shape index (κ3) is 3.03. The highest BCUT2D eigenvalue weighted by Crippen LogP contribution is 2.34. The number of benzene rings is 1. The molecule has 1 aromatic carbocycles. The average Bonchev–Trinajstić information content (AvgIpc) is 2.96. The van der Waals surface area contributed by atoms with E-state index in [1.54, 1.807) is 12.1 Å². The highest BCUT2D eigenvalue weighted by atomic mass is 32.2. The minimum absolute atomic E-state index is 0.0468. The van der Waals surface area contributed by atoms with Gasteiger partial charge in [0.25, 0.3) is 0 Å². The summed E-state index contributed by atoms with van der Waals surface area (Å²) < 4.78 is 45.6. The molecular formula is C14H15NO7S. The first-order valence-electron chi connectivity index (χ1n) is 6.80. The van der Waals surface area contributed by atoms with Gasteiger partial charge in [0.15, 0.2) is 11.3 Å². The molecule has 0 aliphatic carbocycles. The van der Waals surface area contributed by atoms with Gasteiger partial charge in [-0.25, -0.2) is 4.79 Å². The van der Waals surface area contributed by atoms with Crippen molar-refractivity contribution in [3.05, 3.63) is 29.5 Å². The Labute approximate surface area is 132 Å². The SMILES string of the molecule is COC(=O)c1cc2cc([C@@H]3CCOS(=O)(=O)N3)cc(OC)c2o1. The molecule has 0 amide bonds. The number of carbonyl (C=O) groups is 1. The van der Waals surface area contributed by atoms with Gasteiger partial charge in [-0.15, -0.1) is 0 Å². The number of ether oxygens (including phenoxy) is 2. The summed E-state index contributed by atoms with van der Waals surface area (Å²) in [6.07, 6.45) is 0.482. The van der Waals surface area contributed by atoms with Crippen molar-refractivity contribution in [3.8, 4) is 5.75 Å². The molecule has 2 aromatic rings. The van der Waals surface area contributed by atoms with Gasteiger partial charge in [0.05, 0.1) is 26.9 Å². The van der Waals surface area contributed by atoms with E-state index in [2.05, 4.69) is 13.6 Å². The van der Waals surface area contributed by atoms with Crippen LogP contribution in [0.5, 0.6) is 5.75 Å². The van der Waals surface area contributed by atoms with Crippen LogP contribution >= 0.6 is 0 Å². The van der Waals surface area contributed by atoms with E-state index in [1.165, 1.54) is 20.3 Å². The van der Waals surface area contributed by atoms with Crippen LogP contribution in [0.4, 0.5) is 0 Å². The molecule has 0 spiro atoms. The van der Waals surface area contributed by atoms with Gasteiger partial charge in [-0.05, 0) is 30.2 Å². The summed E-state index contributed by atoms with van der Waals surface area (Å²) in [6.45, 7) is 0.0964. The lowest BCUT2D eigenvalue weighted by molar-refractivity contribution is 0.0567. The predicted octanol–water partition coefficient (Wildman–Crippen LogP) is 1.52. The lowest BCUT2D eigenvalue weighted by atomic mass is 10.0. The third-order valence-corrected chi connectivity index (χ3v) is 4.60. The van der Waals surface area contributed by atoms with Crippen molar-refractivity contribution in [3.63, 3.8) is 0 Å². The first-order chi connectivity index (χ1) is 10.9. The zero-order valence-corrected chi connectivity index (χ0v) is 13.3. The maximum atomic E-state index is 11.6. The summed E-state index contributed by atoms with van der Waals surface area (Å²) in [5.74, 6) is -0.152. The summed E-state index contributed by atoms with van der Waals surface area (Å²) in [6, 6.07) is 4.50. The van der Waals surface area contributed by atoms with E-state index < -0.39 is 22.3 Å². The van der Waals surface area contributed by atoms with Crippen LogP contribution in [0.15, 0.2) is 22.6 Å². The normalized spacial score (nSPS) is 20.3. The van der Waals surface area contributed by atoms with E-state index in [9.17, 15) is 13.2 Å². The fourth-order valence-electron chi connectivity index (χ4n) is 2.47. The summed E-state index contributed by atoms with van der Waals surface area (Å²) in [7, 11) is -1.03. The number of hydrogen-bond acceptors (Lipinski definition) is 7. The summed E-state index contributed by atoms with van der Waals surface area (Å²) >= 11 is 0. The van der Waals surface area contributed by atoms with Crippen molar-refractivity contribution < 1.29 is 31.3 Å². The van der Waals surface area contributed by atoms with Crippen LogP contribution in [0.3, 0.4) is 0 Å². The Morgan fingerprint density at radius 3 is 2.74 bits per heavy atom. The van der Waals surface area contributed by atoms with Gasteiger partial charge in [-0.3, -0.25) is 4.18 Å². The Hall–Kier alpha value is -2.10. The monoisotopic (exact) mass is 341 g/mol. The number of fused-ring (bicyclic) bond motifs is 1. The van der Waals surface area contributed by atoms with E-state index >= 15 is 0 Å². The molecule has 1 aliphatic heterocycles. The molecule has 1 N–H and O–H groups in total. The maximum absolute atomic E-state index is 11.6. The Kier molecular flexibility index (Phi) is 4.00. The molecule has 3 rings (SSSR count). The minimum atomic E-state index is -3.75. The predicted molar refractivity (Wildman–Crippen MR) is 79.5 cm³/mol. The fourth-order valence-corrected chi connectivity index (χ4v) is 3.46. The van der Waals surface area contributed by atoms with Gasteiger partial charge < -0.3 is 13.9 Å². The van der Waals surface area contributed by atoms with Crippen molar-refractivity contribution in [1.82, 2.24) is 4.72 Å². The van der Waals surface area contributed by atoms with Gasteiger partial charge in [-0.2, -0.15) is 13.1 Å². The van der Waals surface area contributed by atoms with Crippen molar-refractivity contribution in [2.45, 2.75) is 12.5 Å². The number of esters is 1.